The van der Waals surface area contributed by atoms with Crippen LogP contribution in [0.25, 0.3) is 77.2 Å². The molecule has 2 nitrogen and oxygen atoms in total. The Morgan fingerprint density at radius 3 is 1.06 bits per heavy atom. The van der Waals surface area contributed by atoms with E-state index in [1.54, 1.807) is 0 Å². The molecule has 0 unspecified atom stereocenters. The zero-order valence-corrected chi connectivity index (χ0v) is 26.6. The molecule has 0 aliphatic heterocycles. The number of aromatic nitrogens is 2. The Hall–Kier alpha value is -5.86. The molecule has 0 radical (unpaired) electrons. The monoisotopic (exact) mass is 602 g/mol. The largest absolute Gasteiger partial charge is 0.309 e. The van der Waals surface area contributed by atoms with Gasteiger partial charge in [0.05, 0.1) is 22.1 Å². The molecular weight excluding hydrogens is 569 g/mol. The van der Waals surface area contributed by atoms with Crippen molar-refractivity contribution in [1.29, 1.82) is 0 Å². The Bertz CT molecular complexity index is 2330. The standard InChI is InChI=1S/C45H34N2/c1-30(2)33-25-34(31-13-11-15-36(28-31)46-42-21-7-3-17-38(42)39-18-4-8-22-43(39)46)27-35(26-33)32-14-12-16-37(29-32)47-44-23-9-5-19-40(44)41-20-6-10-24-45(41)47/h3-30H,1-2H3. The minimum atomic E-state index is 0.398. The fraction of sp³-hybridized carbons (Fsp3) is 0.0667. The van der Waals surface area contributed by atoms with Crippen molar-refractivity contribution in [2.75, 3.05) is 0 Å². The zero-order chi connectivity index (χ0) is 31.5. The smallest absolute Gasteiger partial charge is 0.0541 e. The van der Waals surface area contributed by atoms with Gasteiger partial charge in [-0.25, -0.2) is 0 Å². The first kappa shape index (κ1) is 27.5. The van der Waals surface area contributed by atoms with Gasteiger partial charge in [0.25, 0.3) is 0 Å². The van der Waals surface area contributed by atoms with E-state index in [9.17, 15) is 0 Å². The lowest BCUT2D eigenvalue weighted by atomic mass is 9.92. The number of benzene rings is 7. The number of para-hydroxylation sites is 4. The highest BCUT2D eigenvalue weighted by Gasteiger charge is 2.15. The number of hydrogen-bond donors (Lipinski definition) is 0. The van der Waals surface area contributed by atoms with Crippen molar-refractivity contribution in [1.82, 2.24) is 9.13 Å². The number of fused-ring (bicyclic) bond motifs is 6. The van der Waals surface area contributed by atoms with Gasteiger partial charge < -0.3 is 9.13 Å². The van der Waals surface area contributed by atoms with Gasteiger partial charge in [-0.15, -0.1) is 0 Å². The summed E-state index contributed by atoms with van der Waals surface area (Å²) < 4.78 is 4.80. The van der Waals surface area contributed by atoms with Crippen molar-refractivity contribution in [2.24, 2.45) is 0 Å². The highest BCUT2D eigenvalue weighted by molar-refractivity contribution is 6.10. The van der Waals surface area contributed by atoms with Crippen molar-refractivity contribution in [2.45, 2.75) is 19.8 Å². The number of hydrogen-bond acceptors (Lipinski definition) is 0. The normalized spacial score (nSPS) is 11.8. The maximum absolute atomic E-state index is 2.40. The van der Waals surface area contributed by atoms with E-state index in [-0.39, 0.29) is 0 Å². The maximum atomic E-state index is 2.40. The SMILES string of the molecule is CC(C)c1cc(-c2cccc(-n3c4ccccc4c4ccccc43)c2)cc(-c2cccc(-n3c4ccccc4c4ccccc43)c2)c1. The van der Waals surface area contributed by atoms with Gasteiger partial charge in [-0.2, -0.15) is 0 Å². The predicted molar refractivity (Wildman–Crippen MR) is 200 cm³/mol. The highest BCUT2D eigenvalue weighted by Crippen LogP contribution is 2.37. The third-order valence-electron chi connectivity index (χ3n) is 9.66. The molecule has 0 fully saturated rings. The summed E-state index contributed by atoms with van der Waals surface area (Å²) in [5, 5.41) is 5.11. The maximum Gasteiger partial charge on any atom is 0.0541 e. The molecule has 0 atom stereocenters. The summed E-state index contributed by atoms with van der Waals surface area (Å²) in [6.45, 7) is 4.57. The summed E-state index contributed by atoms with van der Waals surface area (Å²) in [6.07, 6.45) is 0. The van der Waals surface area contributed by atoms with Gasteiger partial charge in [-0.1, -0.05) is 123 Å². The van der Waals surface area contributed by atoms with Crippen LogP contribution < -0.4 is 0 Å². The molecule has 0 aliphatic carbocycles. The highest BCUT2D eigenvalue weighted by atomic mass is 15.0. The van der Waals surface area contributed by atoms with Gasteiger partial charge >= 0.3 is 0 Å². The molecule has 0 saturated carbocycles. The van der Waals surface area contributed by atoms with E-state index in [0.717, 1.165) is 0 Å². The molecule has 0 spiro atoms. The fourth-order valence-corrected chi connectivity index (χ4v) is 7.37. The van der Waals surface area contributed by atoms with E-state index in [4.69, 9.17) is 0 Å². The second-order valence-electron chi connectivity index (χ2n) is 12.8. The Morgan fingerprint density at radius 2 is 0.702 bits per heavy atom. The number of nitrogens with zero attached hydrogens (tertiary/aromatic N) is 2. The predicted octanol–water partition coefficient (Wildman–Crippen LogP) is 12.3. The lowest BCUT2D eigenvalue weighted by molar-refractivity contribution is 0.867. The lowest BCUT2D eigenvalue weighted by Crippen LogP contribution is -1.96. The molecule has 0 amide bonds. The first-order valence-electron chi connectivity index (χ1n) is 16.5. The average molecular weight is 603 g/mol. The van der Waals surface area contributed by atoms with Crippen LogP contribution in [0, 0.1) is 0 Å². The van der Waals surface area contributed by atoms with Gasteiger partial charge in [0, 0.05) is 32.9 Å². The van der Waals surface area contributed by atoms with Gasteiger partial charge in [0.1, 0.15) is 0 Å². The van der Waals surface area contributed by atoms with Gasteiger partial charge in [-0.3, -0.25) is 0 Å². The summed E-state index contributed by atoms with van der Waals surface area (Å²) >= 11 is 0. The third-order valence-corrected chi connectivity index (χ3v) is 9.66. The van der Waals surface area contributed by atoms with E-state index in [1.807, 2.05) is 0 Å². The molecule has 9 rings (SSSR count). The summed E-state index contributed by atoms with van der Waals surface area (Å²) in [7, 11) is 0. The van der Waals surface area contributed by atoms with E-state index in [1.165, 1.54) is 82.8 Å². The van der Waals surface area contributed by atoms with Crippen molar-refractivity contribution >= 4 is 43.6 Å². The minimum absolute atomic E-state index is 0.398. The van der Waals surface area contributed by atoms with E-state index in [0.29, 0.717) is 5.92 Å². The van der Waals surface area contributed by atoms with Crippen molar-refractivity contribution in [3.8, 4) is 33.6 Å². The molecular formula is C45H34N2. The van der Waals surface area contributed by atoms with Crippen LogP contribution in [0.3, 0.4) is 0 Å². The van der Waals surface area contributed by atoms with Crippen molar-refractivity contribution < 1.29 is 0 Å². The van der Waals surface area contributed by atoms with Crippen LogP contribution in [-0.4, -0.2) is 9.13 Å². The molecule has 7 aromatic carbocycles. The van der Waals surface area contributed by atoms with E-state index in [2.05, 4.69) is 187 Å². The Morgan fingerprint density at radius 1 is 0.340 bits per heavy atom. The quantitative estimate of drug-likeness (QED) is 0.185. The second kappa shape index (κ2) is 10.9. The summed E-state index contributed by atoms with van der Waals surface area (Å²) in [5.74, 6) is 0.398. The molecule has 0 bridgehead atoms. The Balaban J connectivity index is 1.20. The average Bonchev–Trinajstić information content (AvgIpc) is 3.65. The molecule has 9 aromatic rings. The van der Waals surface area contributed by atoms with Crippen molar-refractivity contribution in [3.63, 3.8) is 0 Å². The summed E-state index contributed by atoms with van der Waals surface area (Å²) in [6, 6.07) is 60.0. The lowest BCUT2D eigenvalue weighted by Gasteiger charge is -2.15. The second-order valence-corrected chi connectivity index (χ2v) is 12.8. The van der Waals surface area contributed by atoms with Crippen LogP contribution in [0.15, 0.2) is 164 Å². The van der Waals surface area contributed by atoms with Gasteiger partial charge in [-0.05, 0) is 88.3 Å². The molecule has 2 aromatic heterocycles. The van der Waals surface area contributed by atoms with E-state index >= 15 is 0 Å². The first-order valence-corrected chi connectivity index (χ1v) is 16.5. The minimum Gasteiger partial charge on any atom is -0.309 e. The number of rotatable bonds is 5. The molecule has 0 aliphatic rings. The van der Waals surface area contributed by atoms with Crippen LogP contribution in [-0.2, 0) is 0 Å². The fourth-order valence-electron chi connectivity index (χ4n) is 7.37. The molecule has 2 heterocycles. The summed E-state index contributed by atoms with van der Waals surface area (Å²) in [5.41, 5.74) is 13.5. The van der Waals surface area contributed by atoms with Gasteiger partial charge in [0.2, 0.25) is 0 Å². The third kappa shape index (κ3) is 4.48. The summed E-state index contributed by atoms with van der Waals surface area (Å²) in [4.78, 5) is 0. The van der Waals surface area contributed by atoms with Crippen LogP contribution in [0.1, 0.15) is 25.3 Å². The van der Waals surface area contributed by atoms with Crippen LogP contribution in [0.5, 0.6) is 0 Å². The Labute approximate surface area is 274 Å². The topological polar surface area (TPSA) is 9.86 Å². The Kier molecular flexibility index (Phi) is 6.36. The van der Waals surface area contributed by atoms with E-state index < -0.39 is 0 Å². The molecule has 2 heteroatoms. The van der Waals surface area contributed by atoms with Crippen LogP contribution in [0.2, 0.25) is 0 Å². The zero-order valence-electron chi connectivity index (χ0n) is 26.6. The molecule has 0 N–H and O–H groups in total. The van der Waals surface area contributed by atoms with Crippen LogP contribution >= 0.6 is 0 Å². The molecule has 0 saturated heterocycles. The van der Waals surface area contributed by atoms with Crippen LogP contribution in [0.4, 0.5) is 0 Å². The first-order chi connectivity index (χ1) is 23.1. The molecule has 47 heavy (non-hydrogen) atoms. The van der Waals surface area contributed by atoms with Crippen molar-refractivity contribution in [3.05, 3.63) is 169 Å². The van der Waals surface area contributed by atoms with Gasteiger partial charge in [0.15, 0.2) is 0 Å². The molecule has 224 valence electrons.